The van der Waals surface area contributed by atoms with Crippen molar-refractivity contribution in [2.75, 3.05) is 4.90 Å². The van der Waals surface area contributed by atoms with Gasteiger partial charge in [0.2, 0.25) is 6.71 Å². The number of para-hydroxylation sites is 2. The number of benzene rings is 7. The summed E-state index contributed by atoms with van der Waals surface area (Å²) < 4.78 is 5.30. The molecule has 9 aromatic rings. The van der Waals surface area contributed by atoms with E-state index in [0.29, 0.717) is 0 Å². The summed E-state index contributed by atoms with van der Waals surface area (Å²) in [6.45, 7) is 31.7. The zero-order chi connectivity index (χ0) is 48.1. The van der Waals surface area contributed by atoms with E-state index in [0.717, 1.165) is 6.42 Å². The molecule has 7 aromatic carbocycles. The van der Waals surface area contributed by atoms with E-state index in [2.05, 4.69) is 231 Å². The molecule has 5 heterocycles. The van der Waals surface area contributed by atoms with E-state index in [1.807, 2.05) is 0 Å². The van der Waals surface area contributed by atoms with Crippen LogP contribution in [0.5, 0.6) is 0 Å². The van der Waals surface area contributed by atoms with Crippen LogP contribution in [-0.4, -0.2) is 21.4 Å². The Morgan fingerprint density at radius 2 is 1.06 bits per heavy atom. The number of nitrogens with zero attached hydrogens (tertiary/aromatic N) is 3. The van der Waals surface area contributed by atoms with Crippen LogP contribution >= 0.6 is 0 Å². The lowest BCUT2D eigenvalue weighted by Gasteiger charge is -2.50. The Kier molecular flexibility index (Phi) is 8.52. The highest BCUT2D eigenvalue weighted by atomic mass is 15.3. The first-order valence-electron chi connectivity index (χ1n) is 26.0. The Balaban J connectivity index is 1.24. The van der Waals surface area contributed by atoms with E-state index in [4.69, 9.17) is 0 Å². The van der Waals surface area contributed by atoms with E-state index in [-0.39, 0.29) is 39.3 Å². The summed E-state index contributed by atoms with van der Waals surface area (Å²) in [5.74, 6) is 0. The van der Waals surface area contributed by atoms with Crippen molar-refractivity contribution in [3.05, 3.63) is 161 Å². The van der Waals surface area contributed by atoms with Crippen LogP contribution in [0, 0.1) is 0 Å². The Bertz CT molecular complexity index is 3680. The molecule has 0 N–H and O–H groups in total. The molecule has 2 unspecified atom stereocenters. The van der Waals surface area contributed by atoms with Crippen molar-refractivity contribution >= 4 is 78.1 Å². The van der Waals surface area contributed by atoms with E-state index in [1.54, 1.807) is 0 Å². The second-order valence-electron chi connectivity index (χ2n) is 25.8. The van der Waals surface area contributed by atoms with Gasteiger partial charge in [0.25, 0.3) is 0 Å². The molecular formula is C65H68BN3. The minimum absolute atomic E-state index is 0.00923. The maximum atomic E-state index is 2.84. The average molecular weight is 902 g/mol. The summed E-state index contributed by atoms with van der Waals surface area (Å²) >= 11 is 0. The van der Waals surface area contributed by atoms with Crippen LogP contribution < -0.4 is 21.3 Å². The minimum Gasteiger partial charge on any atom is -0.334 e. The average Bonchev–Trinajstić information content (AvgIpc) is 3.89. The molecule has 0 bridgehead atoms. The molecule has 2 atom stereocenters. The summed E-state index contributed by atoms with van der Waals surface area (Å²) in [7, 11) is 0. The molecule has 2 aromatic heterocycles. The monoisotopic (exact) mass is 902 g/mol. The van der Waals surface area contributed by atoms with Crippen molar-refractivity contribution in [3.8, 4) is 11.4 Å². The third kappa shape index (κ3) is 5.58. The highest BCUT2D eigenvalue weighted by Crippen LogP contribution is 2.63. The molecule has 13 rings (SSSR count). The van der Waals surface area contributed by atoms with Gasteiger partial charge >= 0.3 is 0 Å². The lowest BCUT2D eigenvalue weighted by atomic mass is 9.30. The van der Waals surface area contributed by atoms with Gasteiger partial charge in [-0.3, -0.25) is 0 Å². The topological polar surface area (TPSA) is 13.1 Å². The molecule has 0 saturated heterocycles. The van der Waals surface area contributed by atoms with Crippen molar-refractivity contribution in [2.45, 2.75) is 148 Å². The van der Waals surface area contributed by atoms with Gasteiger partial charge in [0, 0.05) is 49.4 Å². The molecule has 3 nitrogen and oxygen atoms in total. The van der Waals surface area contributed by atoms with Gasteiger partial charge in [-0.05, 0) is 141 Å². The molecule has 1 saturated carbocycles. The van der Waals surface area contributed by atoms with Crippen LogP contribution in [0.1, 0.15) is 149 Å². The molecule has 4 heteroatoms. The van der Waals surface area contributed by atoms with Crippen LogP contribution in [0.2, 0.25) is 0 Å². The lowest BCUT2D eigenvalue weighted by molar-refractivity contribution is 0.195. The molecule has 0 spiro atoms. The van der Waals surface area contributed by atoms with Crippen molar-refractivity contribution < 1.29 is 0 Å². The van der Waals surface area contributed by atoms with Gasteiger partial charge in [-0.25, -0.2) is 0 Å². The SMILES string of the molecule is CC(C)(C)c1cc2c3c(c1)C(C)(C)c1cc4c(cc1B3c1cc3c(c5c6cc(C(C)(C)C)ccc6n-2c15)N(c1ccccc1)C1(C)CCCCC31C)c1cc(C(C)(C)C)ccc1n4-c1ccccc1. The summed E-state index contributed by atoms with van der Waals surface area (Å²) in [5, 5.41) is 5.48. The Hall–Kier alpha value is -6.00. The molecule has 4 aliphatic rings. The number of rotatable bonds is 2. The highest BCUT2D eigenvalue weighted by Gasteiger charge is 2.59. The first kappa shape index (κ1) is 43.1. The number of aromatic nitrogens is 2. The molecular weight excluding hydrogens is 834 g/mol. The summed E-state index contributed by atoms with van der Waals surface area (Å²) in [4.78, 5) is 2.84. The molecule has 0 amide bonds. The van der Waals surface area contributed by atoms with Crippen molar-refractivity contribution in [1.29, 1.82) is 0 Å². The van der Waals surface area contributed by atoms with Gasteiger partial charge in [-0.15, -0.1) is 0 Å². The zero-order valence-electron chi connectivity index (χ0n) is 43.4. The third-order valence-corrected chi connectivity index (χ3v) is 18.3. The number of anilines is 2. The van der Waals surface area contributed by atoms with Crippen LogP contribution in [0.4, 0.5) is 11.4 Å². The number of fused-ring (bicyclic) bond motifs is 14. The Morgan fingerprint density at radius 3 is 1.70 bits per heavy atom. The third-order valence-electron chi connectivity index (χ3n) is 18.3. The van der Waals surface area contributed by atoms with Gasteiger partial charge in [-0.2, -0.15) is 0 Å². The zero-order valence-corrected chi connectivity index (χ0v) is 43.4. The van der Waals surface area contributed by atoms with E-state index in [9.17, 15) is 0 Å². The maximum Gasteiger partial charge on any atom is 0.247 e. The van der Waals surface area contributed by atoms with Crippen LogP contribution in [0.15, 0.2) is 127 Å². The molecule has 0 radical (unpaired) electrons. The molecule has 69 heavy (non-hydrogen) atoms. The fourth-order valence-corrected chi connectivity index (χ4v) is 14.2. The first-order valence-corrected chi connectivity index (χ1v) is 26.0. The largest absolute Gasteiger partial charge is 0.334 e. The summed E-state index contributed by atoms with van der Waals surface area (Å²) in [6, 6.07) is 50.6. The van der Waals surface area contributed by atoms with Crippen LogP contribution in [0.25, 0.3) is 55.0 Å². The molecule has 346 valence electrons. The Morgan fingerprint density at radius 1 is 0.478 bits per heavy atom. The smallest absolute Gasteiger partial charge is 0.247 e. The lowest BCUT2D eigenvalue weighted by Crippen LogP contribution is -2.63. The number of hydrogen-bond donors (Lipinski definition) is 0. The van der Waals surface area contributed by atoms with Gasteiger partial charge < -0.3 is 14.0 Å². The second kappa shape index (κ2) is 13.7. The predicted molar refractivity (Wildman–Crippen MR) is 297 cm³/mol. The first-order chi connectivity index (χ1) is 32.6. The highest BCUT2D eigenvalue weighted by molar-refractivity contribution is 6.99. The maximum absolute atomic E-state index is 2.84. The fraction of sp³-hybridized carbons (Fsp3) is 0.354. The van der Waals surface area contributed by atoms with Gasteiger partial charge in [0.05, 0.1) is 33.3 Å². The van der Waals surface area contributed by atoms with Gasteiger partial charge in [0.1, 0.15) is 0 Å². The molecule has 1 fully saturated rings. The van der Waals surface area contributed by atoms with Crippen LogP contribution in [0.3, 0.4) is 0 Å². The fourth-order valence-electron chi connectivity index (χ4n) is 14.2. The summed E-state index contributed by atoms with van der Waals surface area (Å²) in [5.41, 5.74) is 23.1. The molecule has 1 aliphatic carbocycles. The van der Waals surface area contributed by atoms with E-state index in [1.165, 1.54) is 135 Å². The van der Waals surface area contributed by atoms with Gasteiger partial charge in [0.15, 0.2) is 0 Å². The van der Waals surface area contributed by atoms with E-state index >= 15 is 0 Å². The Labute approximate surface area is 410 Å². The normalized spacial score (nSPS) is 20.5. The predicted octanol–water partition coefficient (Wildman–Crippen LogP) is 15.0. The van der Waals surface area contributed by atoms with Crippen molar-refractivity contribution in [2.24, 2.45) is 0 Å². The van der Waals surface area contributed by atoms with E-state index < -0.39 is 0 Å². The number of hydrogen-bond acceptors (Lipinski definition) is 1. The second-order valence-corrected chi connectivity index (χ2v) is 25.8. The summed E-state index contributed by atoms with van der Waals surface area (Å²) in [6.07, 6.45) is 4.84. The quantitative estimate of drug-likeness (QED) is 0.158. The van der Waals surface area contributed by atoms with Crippen molar-refractivity contribution in [1.82, 2.24) is 9.13 Å². The van der Waals surface area contributed by atoms with Crippen molar-refractivity contribution in [3.63, 3.8) is 0 Å². The standard InChI is InChI=1S/C65H68BN3/c1-60(2,3)39-26-28-52-44(32-39)45-36-50-47(38-54(45)67(52)42-22-16-14-17-23-42)63(10,11)48-34-41(62(7,8)9)35-55-57(48)66(50)51-37-49-58(56-46-33-40(61(4,5)6)27-29-53(46)68(55)59(51)56)69(43-24-18-15-19-25-43)65(13)31-21-20-30-64(49,65)12/h14-19,22-29,32-38H,20-21,30-31H2,1-13H3. The minimum atomic E-state index is -0.284. The van der Waals surface area contributed by atoms with Crippen LogP contribution in [-0.2, 0) is 27.1 Å². The van der Waals surface area contributed by atoms with Gasteiger partial charge in [-0.1, -0.05) is 168 Å². The molecule has 3 aliphatic heterocycles.